The van der Waals surface area contributed by atoms with E-state index in [1.54, 1.807) is 24.3 Å². The molecule has 236 valence electrons. The molecule has 4 saturated carbocycles. The van der Waals surface area contributed by atoms with Crippen LogP contribution in [-0.4, -0.2) is 43.4 Å². The predicted molar refractivity (Wildman–Crippen MR) is 166 cm³/mol. The van der Waals surface area contributed by atoms with Gasteiger partial charge in [0.15, 0.2) is 0 Å². The Bertz CT molecular complexity index is 1230. The van der Waals surface area contributed by atoms with Crippen LogP contribution in [0.3, 0.4) is 0 Å². The summed E-state index contributed by atoms with van der Waals surface area (Å²) in [5.74, 6) is 2.17. The lowest BCUT2D eigenvalue weighted by atomic mass is 9.36. The molecule has 1 aromatic rings. The van der Waals surface area contributed by atoms with Crippen LogP contribution < -0.4 is 10.0 Å². The van der Waals surface area contributed by atoms with E-state index in [0.29, 0.717) is 41.7 Å². The van der Waals surface area contributed by atoms with Crippen molar-refractivity contribution in [1.82, 2.24) is 10.0 Å². The highest BCUT2D eigenvalue weighted by molar-refractivity contribution is 7.89. The van der Waals surface area contributed by atoms with Crippen LogP contribution in [0.5, 0.6) is 0 Å². The Balaban J connectivity index is 1.23. The first-order chi connectivity index (χ1) is 19.8. The first-order valence-corrected chi connectivity index (χ1v) is 18.1. The van der Waals surface area contributed by atoms with Gasteiger partial charge in [-0.1, -0.05) is 71.4 Å². The maximum atomic E-state index is 12.5. The zero-order chi connectivity index (χ0) is 30.5. The van der Waals surface area contributed by atoms with Crippen LogP contribution in [0.15, 0.2) is 30.3 Å². The van der Waals surface area contributed by atoms with Crippen molar-refractivity contribution in [2.24, 2.45) is 51.8 Å². The number of carbonyl (C=O) groups excluding carboxylic acids is 1. The van der Waals surface area contributed by atoms with E-state index in [1.807, 2.05) is 6.07 Å². The Morgan fingerprint density at radius 1 is 1.00 bits per heavy atom. The number of rotatable bonds is 8. The highest BCUT2D eigenvalue weighted by Gasteiger charge is 2.69. The van der Waals surface area contributed by atoms with E-state index in [4.69, 9.17) is 0 Å². The molecule has 0 bridgehead atoms. The first kappa shape index (κ1) is 31.8. The fourth-order valence-corrected chi connectivity index (χ4v) is 12.3. The number of urea groups is 1. The van der Waals surface area contributed by atoms with Gasteiger partial charge in [-0.2, -0.15) is 0 Å². The minimum Gasteiger partial charge on any atom is -0.393 e. The average Bonchev–Trinajstić information content (AvgIpc) is 3.29. The summed E-state index contributed by atoms with van der Waals surface area (Å²) in [4.78, 5) is 12.5. The second kappa shape index (κ2) is 11.7. The molecular formula is C34H54N2O5S. The van der Waals surface area contributed by atoms with E-state index in [9.17, 15) is 23.4 Å². The molecule has 0 heterocycles. The number of amides is 2. The summed E-state index contributed by atoms with van der Waals surface area (Å²) >= 11 is 0. The van der Waals surface area contributed by atoms with Gasteiger partial charge >= 0.3 is 6.03 Å². The maximum absolute atomic E-state index is 12.5. The molecule has 5 rings (SSSR count). The number of benzene rings is 1. The molecular weight excluding hydrogens is 548 g/mol. The topological polar surface area (TPSA) is 116 Å². The standard InChI is InChI=1S/C34H54N2O5S/c1-6-25-27-20-24(37)14-17-33(27,4)29-15-18-32(3)26(12-13-28(32)34(29,5)30(25)38)22(2)16-19-35-31(39)36-42(40,41)21-23-10-8-7-9-11-23/h7-11,22,24-30,37-38H,6,12-21H2,1-5H3,(H2,35,36,39)/t22-,24-,25-,26-,27+,28-,29-,30-,32-,33+,34+/m1/s1. The Hall–Kier alpha value is -1.64. The summed E-state index contributed by atoms with van der Waals surface area (Å²) in [6, 6.07) is 8.18. The second-order valence-corrected chi connectivity index (χ2v) is 16.8. The van der Waals surface area contributed by atoms with Crippen molar-refractivity contribution in [1.29, 1.82) is 0 Å². The van der Waals surface area contributed by atoms with Crippen LogP contribution in [0.25, 0.3) is 0 Å². The van der Waals surface area contributed by atoms with Gasteiger partial charge in [0.25, 0.3) is 0 Å². The molecule has 1 aromatic carbocycles. The lowest BCUT2D eigenvalue weighted by Crippen LogP contribution is -2.67. The average molecular weight is 603 g/mol. The Morgan fingerprint density at radius 3 is 2.36 bits per heavy atom. The van der Waals surface area contributed by atoms with Crippen LogP contribution >= 0.6 is 0 Å². The van der Waals surface area contributed by atoms with E-state index in [1.165, 1.54) is 0 Å². The maximum Gasteiger partial charge on any atom is 0.328 e. The Labute approximate surface area is 253 Å². The van der Waals surface area contributed by atoms with Crippen molar-refractivity contribution in [2.45, 2.75) is 110 Å². The van der Waals surface area contributed by atoms with Crippen LogP contribution in [0.1, 0.15) is 98.0 Å². The number of sulfonamides is 1. The largest absolute Gasteiger partial charge is 0.393 e. The van der Waals surface area contributed by atoms with Crippen LogP contribution in [-0.2, 0) is 15.8 Å². The number of aliphatic hydroxyl groups is 2. The SMILES string of the molecule is CC[C@H]1[C@@H](O)[C@@]2(C)[C@@H]3CC[C@H]([C@H](C)CCNC(=O)NS(=O)(=O)Cc4ccccc4)[C@@]3(C)CC[C@@H]2[C@@]2(C)CC[C@@H](O)C[C@@H]12. The van der Waals surface area contributed by atoms with Crippen LogP contribution in [0, 0.1) is 51.8 Å². The van der Waals surface area contributed by atoms with Gasteiger partial charge in [-0.15, -0.1) is 0 Å². The van der Waals surface area contributed by atoms with Gasteiger partial charge in [-0.3, -0.25) is 0 Å². The zero-order valence-corrected chi connectivity index (χ0v) is 27.1. The first-order valence-electron chi connectivity index (χ1n) is 16.4. The summed E-state index contributed by atoms with van der Waals surface area (Å²) < 4.78 is 27.1. The second-order valence-electron chi connectivity index (χ2n) is 15.1. The van der Waals surface area contributed by atoms with Gasteiger partial charge in [0.05, 0.1) is 18.0 Å². The predicted octanol–water partition coefficient (Wildman–Crippen LogP) is 5.86. The Kier molecular flexibility index (Phi) is 8.85. The third-order valence-electron chi connectivity index (χ3n) is 13.1. The summed E-state index contributed by atoms with van der Waals surface area (Å²) in [7, 11) is -3.77. The van der Waals surface area contributed by atoms with Crippen LogP contribution in [0.2, 0.25) is 0 Å². The lowest BCUT2D eigenvalue weighted by molar-refractivity contribution is -0.250. The smallest absolute Gasteiger partial charge is 0.328 e. The third kappa shape index (κ3) is 5.42. The molecule has 4 N–H and O–H groups in total. The number of hydrogen-bond acceptors (Lipinski definition) is 5. The summed E-state index contributed by atoms with van der Waals surface area (Å²) in [6.45, 7) is 12.3. The fourth-order valence-electron chi connectivity index (χ4n) is 11.3. The highest BCUT2D eigenvalue weighted by atomic mass is 32.2. The summed E-state index contributed by atoms with van der Waals surface area (Å²) in [5.41, 5.74) is 0.790. The molecule has 7 nitrogen and oxygen atoms in total. The molecule has 4 aliphatic carbocycles. The van der Waals surface area contributed by atoms with Crippen molar-refractivity contribution in [3.63, 3.8) is 0 Å². The minimum atomic E-state index is -3.77. The number of nitrogens with one attached hydrogen (secondary N) is 2. The molecule has 0 aromatic heterocycles. The molecule has 42 heavy (non-hydrogen) atoms. The lowest BCUT2D eigenvalue weighted by Gasteiger charge is -2.69. The van der Waals surface area contributed by atoms with Crippen molar-refractivity contribution >= 4 is 16.1 Å². The van der Waals surface area contributed by atoms with Gasteiger partial charge in [-0.05, 0) is 103 Å². The monoisotopic (exact) mass is 602 g/mol. The normalized spacial score (nSPS) is 42.1. The number of aliphatic hydroxyl groups excluding tert-OH is 2. The van der Waals surface area contributed by atoms with Crippen LogP contribution in [0.4, 0.5) is 4.79 Å². The van der Waals surface area contributed by atoms with Crippen molar-refractivity contribution in [2.75, 3.05) is 6.54 Å². The van der Waals surface area contributed by atoms with Gasteiger partial charge < -0.3 is 15.5 Å². The highest BCUT2D eigenvalue weighted by Crippen LogP contribution is 2.74. The number of fused-ring (bicyclic) bond motifs is 5. The molecule has 0 unspecified atom stereocenters. The zero-order valence-electron chi connectivity index (χ0n) is 26.3. The Morgan fingerprint density at radius 2 is 1.67 bits per heavy atom. The molecule has 4 aliphatic rings. The molecule has 0 spiro atoms. The molecule has 0 saturated heterocycles. The van der Waals surface area contributed by atoms with Crippen molar-refractivity contribution in [3.05, 3.63) is 35.9 Å². The molecule has 11 atom stereocenters. The van der Waals surface area contributed by atoms with E-state index in [-0.39, 0.29) is 40.1 Å². The molecule has 0 radical (unpaired) electrons. The van der Waals surface area contributed by atoms with E-state index in [0.717, 1.165) is 57.8 Å². The summed E-state index contributed by atoms with van der Waals surface area (Å²) in [6.07, 6.45) is 8.46. The fraction of sp³-hybridized carbons (Fsp3) is 0.794. The molecule has 4 fully saturated rings. The number of hydrogen-bond donors (Lipinski definition) is 4. The number of carbonyl (C=O) groups is 1. The van der Waals surface area contributed by atoms with Gasteiger partial charge in [-0.25, -0.2) is 17.9 Å². The molecule has 0 aliphatic heterocycles. The third-order valence-corrected chi connectivity index (χ3v) is 14.3. The van der Waals surface area contributed by atoms with Crippen molar-refractivity contribution < 1.29 is 23.4 Å². The van der Waals surface area contributed by atoms with E-state index in [2.05, 4.69) is 44.7 Å². The minimum absolute atomic E-state index is 0.128. The van der Waals surface area contributed by atoms with Gasteiger partial charge in [0, 0.05) is 12.0 Å². The van der Waals surface area contributed by atoms with Gasteiger partial charge in [0.1, 0.15) is 0 Å². The molecule has 2 amide bonds. The quantitative estimate of drug-likeness (QED) is 0.298. The van der Waals surface area contributed by atoms with E-state index >= 15 is 0 Å². The van der Waals surface area contributed by atoms with Gasteiger partial charge in [0.2, 0.25) is 10.0 Å². The molecule has 8 heteroatoms. The van der Waals surface area contributed by atoms with E-state index < -0.39 is 16.1 Å². The summed E-state index contributed by atoms with van der Waals surface area (Å²) in [5, 5.41) is 25.5. The van der Waals surface area contributed by atoms with Crippen molar-refractivity contribution in [3.8, 4) is 0 Å².